The van der Waals surface area contributed by atoms with Crippen LogP contribution in [0.25, 0.3) is 31.3 Å². The van der Waals surface area contributed by atoms with Crippen molar-refractivity contribution >= 4 is 0 Å². The van der Waals surface area contributed by atoms with Gasteiger partial charge in [-0.3, -0.25) is 0 Å². The maximum Gasteiger partial charge on any atom is 0.0637 e. The Labute approximate surface area is 274 Å². The molecular weight excluding hydrogens is 586 g/mol. The Morgan fingerprint density at radius 2 is 1.41 bits per heavy atom. The standard InChI is InChI=1S/C33H57N9O4/c1-23(8-4-16-43)26-9-10-27-31-28(22-30(33(26,27)3)46-19-7-15-39-42-36)32(2)12-11-25(44-17-5-13-37-40-34)20-24(32)21-29(31)45-18-6-14-38-41-35/h23-31,43H,4-22H2,1-3H3/t23-,24?,25-,26?,27+,28+,29-,30+,31?,32+,33-/m1/s1. The van der Waals surface area contributed by atoms with Gasteiger partial charge < -0.3 is 19.3 Å². The van der Waals surface area contributed by atoms with Crippen molar-refractivity contribution in [1.82, 2.24) is 0 Å². The topological polar surface area (TPSA) is 194 Å². The number of nitrogens with zero attached hydrogens (tertiary/aromatic N) is 9. The highest BCUT2D eigenvalue weighted by Crippen LogP contribution is 2.69. The quantitative estimate of drug-likeness (QED) is 0.0637. The summed E-state index contributed by atoms with van der Waals surface area (Å²) < 4.78 is 20.1. The molecule has 0 aromatic rings. The van der Waals surface area contributed by atoms with Crippen LogP contribution in [-0.4, -0.2) is 69.5 Å². The van der Waals surface area contributed by atoms with E-state index in [1.54, 1.807) is 0 Å². The maximum atomic E-state index is 9.63. The number of hydrogen-bond donors (Lipinski definition) is 1. The van der Waals surface area contributed by atoms with Gasteiger partial charge in [0.15, 0.2) is 0 Å². The van der Waals surface area contributed by atoms with Crippen molar-refractivity contribution in [3.05, 3.63) is 31.3 Å². The van der Waals surface area contributed by atoms with E-state index in [-0.39, 0.29) is 35.7 Å². The molecule has 46 heavy (non-hydrogen) atoms. The summed E-state index contributed by atoms with van der Waals surface area (Å²) in [7, 11) is 0. The molecule has 4 fully saturated rings. The van der Waals surface area contributed by atoms with E-state index < -0.39 is 0 Å². The van der Waals surface area contributed by atoms with Crippen LogP contribution >= 0.6 is 0 Å². The third-order valence-electron chi connectivity index (χ3n) is 12.7. The largest absolute Gasteiger partial charge is 0.396 e. The number of azide groups is 3. The summed E-state index contributed by atoms with van der Waals surface area (Å²) in [5.74, 6) is 2.86. The van der Waals surface area contributed by atoms with Gasteiger partial charge in [-0.25, -0.2) is 0 Å². The molecule has 0 aliphatic heterocycles. The number of hydrogen-bond acceptors (Lipinski definition) is 7. The molecule has 4 saturated carbocycles. The Bertz CT molecular complexity index is 1110. The first-order chi connectivity index (χ1) is 22.3. The lowest BCUT2D eigenvalue weighted by Crippen LogP contribution is -2.63. The highest BCUT2D eigenvalue weighted by molar-refractivity contribution is 5.15. The van der Waals surface area contributed by atoms with Gasteiger partial charge in [0.05, 0.1) is 18.3 Å². The van der Waals surface area contributed by atoms with E-state index in [9.17, 15) is 5.11 Å². The number of aliphatic hydroxyl groups is 1. The first kappa shape index (κ1) is 36.6. The zero-order valence-corrected chi connectivity index (χ0v) is 28.3. The number of ether oxygens (including phenoxy) is 3. The van der Waals surface area contributed by atoms with Gasteiger partial charge in [0, 0.05) is 66.2 Å². The van der Waals surface area contributed by atoms with E-state index in [0.29, 0.717) is 75.0 Å². The summed E-state index contributed by atoms with van der Waals surface area (Å²) in [4.78, 5) is 8.71. The lowest BCUT2D eigenvalue weighted by atomic mass is 9.43. The van der Waals surface area contributed by atoms with Crippen molar-refractivity contribution in [2.75, 3.05) is 46.1 Å². The van der Waals surface area contributed by atoms with E-state index in [0.717, 1.165) is 64.2 Å². The molecule has 11 atom stereocenters. The highest BCUT2D eigenvalue weighted by atomic mass is 16.5. The van der Waals surface area contributed by atoms with Crippen molar-refractivity contribution in [1.29, 1.82) is 0 Å². The monoisotopic (exact) mass is 643 g/mol. The SMILES string of the molecule is C[C@H](CCCO)C1CC[C@H]2C3[C@H](OCCCN=[N+]=[N-])CC4C[C@H](OCCCN=[N+]=[N-])CC[C@]4(C)[C@H]3C[C@H](OCCCN=[N+]=[N-])[C@]12C. The van der Waals surface area contributed by atoms with Gasteiger partial charge in [-0.05, 0) is 135 Å². The fourth-order valence-corrected chi connectivity index (χ4v) is 10.5. The molecule has 3 unspecified atom stereocenters. The molecule has 0 aromatic carbocycles. The molecular formula is C33H57N9O4. The Hall–Kier alpha value is -2.23. The van der Waals surface area contributed by atoms with Crippen LogP contribution in [0.3, 0.4) is 0 Å². The van der Waals surface area contributed by atoms with Crippen molar-refractivity contribution in [3.63, 3.8) is 0 Å². The third-order valence-corrected chi connectivity index (χ3v) is 12.7. The fourth-order valence-electron chi connectivity index (χ4n) is 10.5. The van der Waals surface area contributed by atoms with E-state index in [1.807, 2.05) is 0 Å². The molecule has 0 saturated heterocycles. The van der Waals surface area contributed by atoms with E-state index in [2.05, 4.69) is 50.8 Å². The van der Waals surface area contributed by atoms with E-state index in [4.69, 9.17) is 30.8 Å². The normalized spacial score (nSPS) is 37.0. The lowest BCUT2D eigenvalue weighted by molar-refractivity contribution is -0.227. The maximum absolute atomic E-state index is 9.63. The zero-order valence-electron chi connectivity index (χ0n) is 28.3. The molecule has 1 N–H and O–H groups in total. The Morgan fingerprint density at radius 1 is 0.783 bits per heavy atom. The summed E-state index contributed by atoms with van der Waals surface area (Å²) in [5, 5.41) is 20.8. The van der Waals surface area contributed by atoms with Gasteiger partial charge in [-0.15, -0.1) is 0 Å². The van der Waals surface area contributed by atoms with Crippen LogP contribution in [-0.2, 0) is 14.2 Å². The molecule has 4 aliphatic rings. The predicted octanol–water partition coefficient (Wildman–Crippen LogP) is 8.53. The van der Waals surface area contributed by atoms with Gasteiger partial charge in [0.1, 0.15) is 0 Å². The minimum atomic E-state index is -0.00331. The smallest absolute Gasteiger partial charge is 0.0637 e. The van der Waals surface area contributed by atoms with Gasteiger partial charge in [0.25, 0.3) is 0 Å². The van der Waals surface area contributed by atoms with Gasteiger partial charge in [0.2, 0.25) is 0 Å². The summed E-state index contributed by atoms with van der Waals surface area (Å²) in [6, 6.07) is 0. The van der Waals surface area contributed by atoms with Crippen LogP contribution in [0.5, 0.6) is 0 Å². The average Bonchev–Trinajstić information content (AvgIpc) is 3.41. The van der Waals surface area contributed by atoms with Crippen LogP contribution in [0.4, 0.5) is 0 Å². The van der Waals surface area contributed by atoms with E-state index >= 15 is 0 Å². The Kier molecular flexibility index (Phi) is 14.2. The second-order valence-electron chi connectivity index (χ2n) is 14.8. The number of aliphatic hydroxyl groups excluding tert-OH is 1. The van der Waals surface area contributed by atoms with Gasteiger partial charge in [-0.2, -0.15) is 0 Å². The van der Waals surface area contributed by atoms with Crippen molar-refractivity contribution < 1.29 is 19.3 Å². The van der Waals surface area contributed by atoms with Gasteiger partial charge in [-0.1, -0.05) is 36.1 Å². The number of rotatable bonds is 19. The highest BCUT2D eigenvalue weighted by Gasteiger charge is 2.66. The molecule has 0 amide bonds. The van der Waals surface area contributed by atoms with Gasteiger partial charge >= 0.3 is 0 Å². The van der Waals surface area contributed by atoms with E-state index in [1.165, 1.54) is 12.8 Å². The van der Waals surface area contributed by atoms with Crippen molar-refractivity contribution in [2.45, 2.75) is 116 Å². The third kappa shape index (κ3) is 8.24. The molecule has 258 valence electrons. The minimum Gasteiger partial charge on any atom is -0.396 e. The number of fused-ring (bicyclic) bond motifs is 5. The summed E-state index contributed by atoms with van der Waals surface area (Å²) in [6.45, 7) is 10.8. The first-order valence-electron chi connectivity index (χ1n) is 17.8. The molecule has 0 heterocycles. The molecule has 13 heteroatoms. The molecule has 0 radical (unpaired) electrons. The van der Waals surface area contributed by atoms with Crippen LogP contribution in [0.2, 0.25) is 0 Å². The van der Waals surface area contributed by atoms with Crippen LogP contribution in [0, 0.1) is 46.3 Å². The molecule has 4 aliphatic carbocycles. The predicted molar refractivity (Wildman–Crippen MR) is 177 cm³/mol. The summed E-state index contributed by atoms with van der Waals surface area (Å²) in [5.41, 5.74) is 26.3. The Morgan fingerprint density at radius 3 is 2.04 bits per heavy atom. The zero-order chi connectivity index (χ0) is 33.0. The molecule has 0 bridgehead atoms. The average molecular weight is 644 g/mol. The van der Waals surface area contributed by atoms with Crippen molar-refractivity contribution in [2.24, 2.45) is 61.7 Å². The van der Waals surface area contributed by atoms with Crippen LogP contribution < -0.4 is 0 Å². The second kappa shape index (κ2) is 17.8. The molecule has 13 nitrogen and oxygen atoms in total. The molecule has 0 aromatic heterocycles. The van der Waals surface area contributed by atoms with Crippen LogP contribution in [0.1, 0.15) is 97.8 Å². The van der Waals surface area contributed by atoms with Crippen LogP contribution in [0.15, 0.2) is 15.3 Å². The van der Waals surface area contributed by atoms with Crippen molar-refractivity contribution in [3.8, 4) is 0 Å². The Balaban J connectivity index is 1.61. The summed E-state index contributed by atoms with van der Waals surface area (Å²) in [6.07, 6.45) is 12.0. The lowest BCUT2D eigenvalue weighted by Gasteiger charge is -2.65. The molecule has 0 spiro atoms. The second-order valence-corrected chi connectivity index (χ2v) is 14.8. The minimum absolute atomic E-state index is 0.00331. The summed E-state index contributed by atoms with van der Waals surface area (Å²) >= 11 is 0. The fraction of sp³-hybridized carbons (Fsp3) is 1.00. The first-order valence-corrected chi connectivity index (χ1v) is 17.8. The molecule has 4 rings (SSSR count).